The monoisotopic (exact) mass is 236 g/mol. The molecule has 0 spiro atoms. The van der Waals surface area contributed by atoms with Crippen LogP contribution in [0.4, 0.5) is 0 Å². The molecule has 1 aromatic rings. The van der Waals surface area contributed by atoms with E-state index in [2.05, 4.69) is 26.0 Å². The predicted octanol–water partition coefficient (Wildman–Crippen LogP) is 3.86. The molecule has 2 atom stereocenters. The zero-order valence-electron chi connectivity index (χ0n) is 10.2. The Morgan fingerprint density at radius 1 is 1.38 bits per heavy atom. The summed E-state index contributed by atoms with van der Waals surface area (Å²) in [5.74, 6) is 1.52. The first-order chi connectivity index (χ1) is 7.69. The number of thiophene rings is 1. The second-order valence-corrected chi connectivity index (χ2v) is 6.22. The number of aryl methyl sites for hydroxylation is 1. The zero-order valence-corrected chi connectivity index (χ0v) is 11.0. The fourth-order valence-electron chi connectivity index (χ4n) is 2.49. The van der Waals surface area contributed by atoms with Gasteiger partial charge in [-0.1, -0.05) is 13.8 Å². The molecule has 0 aliphatic heterocycles. The van der Waals surface area contributed by atoms with Gasteiger partial charge in [-0.15, -0.1) is 11.3 Å². The fraction of sp³-hybridized carbons (Fsp3) is 0.643. The van der Waals surface area contributed by atoms with Crippen LogP contribution < -0.4 is 0 Å². The Labute approximate surface area is 102 Å². The molecule has 1 heterocycles. The molecule has 0 N–H and O–H groups in total. The molecule has 2 rings (SSSR count). The smallest absolute Gasteiger partial charge is 0.136 e. The van der Waals surface area contributed by atoms with Gasteiger partial charge in [-0.3, -0.25) is 4.79 Å². The van der Waals surface area contributed by atoms with Gasteiger partial charge in [0.1, 0.15) is 5.78 Å². The molecule has 0 aromatic carbocycles. The van der Waals surface area contributed by atoms with Crippen LogP contribution in [0.3, 0.4) is 0 Å². The van der Waals surface area contributed by atoms with Gasteiger partial charge in [0.05, 0.1) is 0 Å². The topological polar surface area (TPSA) is 17.1 Å². The Kier molecular flexibility index (Phi) is 3.80. The summed E-state index contributed by atoms with van der Waals surface area (Å²) in [4.78, 5) is 14.7. The highest BCUT2D eigenvalue weighted by molar-refractivity contribution is 7.12. The summed E-state index contributed by atoms with van der Waals surface area (Å²) in [6.07, 6.45) is 5.09. The zero-order chi connectivity index (χ0) is 11.5. The highest BCUT2D eigenvalue weighted by Crippen LogP contribution is 2.30. The van der Waals surface area contributed by atoms with Crippen molar-refractivity contribution < 1.29 is 4.79 Å². The average Bonchev–Trinajstić information content (AvgIpc) is 2.71. The van der Waals surface area contributed by atoms with Gasteiger partial charge in [0, 0.05) is 22.1 Å². The Morgan fingerprint density at radius 3 is 2.81 bits per heavy atom. The van der Waals surface area contributed by atoms with E-state index in [-0.39, 0.29) is 0 Å². The van der Waals surface area contributed by atoms with Crippen molar-refractivity contribution in [2.24, 2.45) is 11.8 Å². The number of hydrogen-bond acceptors (Lipinski definition) is 2. The van der Waals surface area contributed by atoms with E-state index >= 15 is 0 Å². The highest BCUT2D eigenvalue weighted by atomic mass is 32.1. The van der Waals surface area contributed by atoms with Crippen LogP contribution >= 0.6 is 11.3 Å². The SMILES string of the molecule is CCc1ccc(CC2CC(C)CCC2=O)s1. The minimum Gasteiger partial charge on any atom is -0.299 e. The van der Waals surface area contributed by atoms with Gasteiger partial charge in [-0.05, 0) is 43.7 Å². The molecule has 1 aliphatic carbocycles. The molecule has 16 heavy (non-hydrogen) atoms. The Hall–Kier alpha value is -0.630. The van der Waals surface area contributed by atoms with Gasteiger partial charge < -0.3 is 0 Å². The van der Waals surface area contributed by atoms with Crippen molar-refractivity contribution in [2.45, 2.75) is 46.0 Å². The van der Waals surface area contributed by atoms with E-state index in [1.54, 1.807) is 0 Å². The number of hydrogen-bond donors (Lipinski definition) is 0. The Bertz CT molecular complexity index is 367. The van der Waals surface area contributed by atoms with Crippen LogP contribution in [0.15, 0.2) is 12.1 Å². The Morgan fingerprint density at radius 2 is 2.12 bits per heavy atom. The molecule has 1 fully saturated rings. The molecule has 1 nitrogen and oxygen atoms in total. The minimum atomic E-state index is 0.298. The van der Waals surface area contributed by atoms with Crippen LogP contribution in [0.1, 0.15) is 42.9 Å². The molecule has 2 heteroatoms. The van der Waals surface area contributed by atoms with Gasteiger partial charge >= 0.3 is 0 Å². The maximum atomic E-state index is 11.8. The molecule has 1 aliphatic rings. The second-order valence-electron chi connectivity index (χ2n) is 4.97. The van der Waals surface area contributed by atoms with Crippen LogP contribution in [0.25, 0.3) is 0 Å². The summed E-state index contributed by atoms with van der Waals surface area (Å²) >= 11 is 1.88. The maximum absolute atomic E-state index is 11.8. The normalized spacial score (nSPS) is 26.0. The lowest BCUT2D eigenvalue weighted by atomic mass is 9.79. The van der Waals surface area contributed by atoms with Crippen molar-refractivity contribution in [2.75, 3.05) is 0 Å². The first-order valence-electron chi connectivity index (χ1n) is 6.29. The van der Waals surface area contributed by atoms with Crippen molar-refractivity contribution >= 4 is 17.1 Å². The van der Waals surface area contributed by atoms with E-state index < -0.39 is 0 Å². The van der Waals surface area contributed by atoms with Gasteiger partial charge in [-0.25, -0.2) is 0 Å². The number of ketones is 1. The minimum absolute atomic E-state index is 0.298. The standard InChI is InChI=1S/C14H20OS/c1-3-12-5-6-13(16-12)9-11-8-10(2)4-7-14(11)15/h5-6,10-11H,3-4,7-9H2,1-2H3. The van der Waals surface area contributed by atoms with Crippen molar-refractivity contribution in [1.82, 2.24) is 0 Å². The number of rotatable bonds is 3. The number of Topliss-reactive ketones (excluding diaryl/α,β-unsaturated/α-hetero) is 1. The van der Waals surface area contributed by atoms with Gasteiger partial charge in [-0.2, -0.15) is 0 Å². The van der Waals surface area contributed by atoms with E-state index in [4.69, 9.17) is 0 Å². The van der Waals surface area contributed by atoms with E-state index in [9.17, 15) is 4.79 Å². The van der Waals surface area contributed by atoms with E-state index in [0.717, 1.165) is 38.0 Å². The van der Waals surface area contributed by atoms with Gasteiger partial charge in [0.2, 0.25) is 0 Å². The van der Waals surface area contributed by atoms with E-state index in [0.29, 0.717) is 11.7 Å². The molecule has 1 saturated carbocycles. The van der Waals surface area contributed by atoms with Gasteiger partial charge in [0.25, 0.3) is 0 Å². The molecule has 2 unspecified atom stereocenters. The van der Waals surface area contributed by atoms with Crippen molar-refractivity contribution in [1.29, 1.82) is 0 Å². The maximum Gasteiger partial charge on any atom is 0.136 e. The molecular formula is C14H20OS. The Balaban J connectivity index is 1.99. The largest absolute Gasteiger partial charge is 0.299 e. The predicted molar refractivity (Wildman–Crippen MR) is 68.9 cm³/mol. The lowest BCUT2D eigenvalue weighted by molar-refractivity contribution is -0.125. The third kappa shape index (κ3) is 2.73. The second kappa shape index (κ2) is 5.13. The summed E-state index contributed by atoms with van der Waals surface area (Å²) in [5.41, 5.74) is 0. The van der Waals surface area contributed by atoms with Crippen molar-refractivity contribution in [3.05, 3.63) is 21.9 Å². The van der Waals surface area contributed by atoms with Crippen LogP contribution in [-0.4, -0.2) is 5.78 Å². The third-order valence-electron chi connectivity index (χ3n) is 3.54. The summed E-state index contributed by atoms with van der Waals surface area (Å²) in [6, 6.07) is 4.41. The number of carbonyl (C=O) groups excluding carboxylic acids is 1. The summed E-state index contributed by atoms with van der Waals surface area (Å²) in [5, 5.41) is 0. The van der Waals surface area contributed by atoms with Crippen LogP contribution in [0.5, 0.6) is 0 Å². The third-order valence-corrected chi connectivity index (χ3v) is 4.79. The van der Waals surface area contributed by atoms with Gasteiger partial charge in [0.15, 0.2) is 0 Å². The summed E-state index contributed by atoms with van der Waals surface area (Å²) in [7, 11) is 0. The molecule has 1 aromatic heterocycles. The quantitative estimate of drug-likeness (QED) is 0.779. The van der Waals surface area contributed by atoms with Crippen LogP contribution in [0, 0.1) is 11.8 Å². The lowest BCUT2D eigenvalue weighted by Gasteiger charge is -2.25. The van der Waals surface area contributed by atoms with E-state index in [1.807, 2.05) is 11.3 Å². The summed E-state index contributed by atoms with van der Waals surface area (Å²) < 4.78 is 0. The van der Waals surface area contributed by atoms with E-state index in [1.165, 1.54) is 9.75 Å². The molecule has 0 bridgehead atoms. The first-order valence-corrected chi connectivity index (χ1v) is 7.11. The van der Waals surface area contributed by atoms with Crippen LogP contribution in [0.2, 0.25) is 0 Å². The molecule has 0 saturated heterocycles. The first kappa shape index (κ1) is 11.8. The molecule has 0 radical (unpaired) electrons. The van der Waals surface area contributed by atoms with Crippen molar-refractivity contribution in [3.8, 4) is 0 Å². The highest BCUT2D eigenvalue weighted by Gasteiger charge is 2.26. The number of carbonyl (C=O) groups is 1. The summed E-state index contributed by atoms with van der Waals surface area (Å²) in [6.45, 7) is 4.45. The fourth-order valence-corrected chi connectivity index (χ4v) is 3.53. The molecular weight excluding hydrogens is 216 g/mol. The molecule has 0 amide bonds. The average molecular weight is 236 g/mol. The van der Waals surface area contributed by atoms with Crippen molar-refractivity contribution in [3.63, 3.8) is 0 Å². The lowest BCUT2D eigenvalue weighted by Crippen LogP contribution is -2.25. The molecule has 88 valence electrons. The van der Waals surface area contributed by atoms with Crippen LogP contribution in [-0.2, 0) is 17.6 Å².